The summed E-state index contributed by atoms with van der Waals surface area (Å²) < 4.78 is 5.42. The Balaban J connectivity index is 2.16. The summed E-state index contributed by atoms with van der Waals surface area (Å²) in [5.41, 5.74) is 8.35. The van der Waals surface area contributed by atoms with Crippen molar-refractivity contribution in [3.8, 4) is 0 Å². The van der Waals surface area contributed by atoms with E-state index in [1.807, 2.05) is 30.0 Å². The maximum absolute atomic E-state index is 12.7. The standard InChI is InChI=1S/C14H18N2O2/c1-2-16-12-4-3-10(15)9-11(12)14(13(16)17)5-7-18-8-6-14/h3-4,9H,2,5-8,15H2,1H3. The molecular formula is C14H18N2O2. The van der Waals surface area contributed by atoms with Gasteiger partial charge in [-0.3, -0.25) is 4.79 Å². The molecule has 1 aromatic rings. The molecule has 1 amide bonds. The second kappa shape index (κ2) is 3.99. The van der Waals surface area contributed by atoms with E-state index in [0.29, 0.717) is 19.8 Å². The lowest BCUT2D eigenvalue weighted by Crippen LogP contribution is -2.44. The normalized spacial score (nSPS) is 21.4. The molecule has 0 aliphatic carbocycles. The van der Waals surface area contributed by atoms with Crippen molar-refractivity contribution in [2.24, 2.45) is 0 Å². The first-order valence-electron chi connectivity index (χ1n) is 6.49. The van der Waals surface area contributed by atoms with Gasteiger partial charge >= 0.3 is 0 Å². The maximum atomic E-state index is 12.7. The van der Waals surface area contributed by atoms with Crippen LogP contribution in [0.5, 0.6) is 0 Å². The van der Waals surface area contributed by atoms with E-state index in [9.17, 15) is 4.79 Å². The number of hydrogen-bond donors (Lipinski definition) is 1. The molecule has 1 spiro atoms. The number of rotatable bonds is 1. The number of amides is 1. The number of nitrogens with zero attached hydrogens (tertiary/aromatic N) is 1. The first-order valence-corrected chi connectivity index (χ1v) is 6.49. The van der Waals surface area contributed by atoms with Crippen LogP contribution in [0.2, 0.25) is 0 Å². The first kappa shape index (κ1) is 11.5. The Morgan fingerprint density at radius 2 is 2.11 bits per heavy atom. The van der Waals surface area contributed by atoms with Crippen molar-refractivity contribution in [3.63, 3.8) is 0 Å². The van der Waals surface area contributed by atoms with Crippen LogP contribution in [0.4, 0.5) is 11.4 Å². The number of benzene rings is 1. The Morgan fingerprint density at radius 1 is 1.39 bits per heavy atom. The summed E-state index contributed by atoms with van der Waals surface area (Å²) in [5.74, 6) is 0.217. The Bertz CT molecular complexity index is 493. The molecule has 1 aromatic carbocycles. The van der Waals surface area contributed by atoms with Crippen molar-refractivity contribution >= 4 is 17.3 Å². The Morgan fingerprint density at radius 3 is 2.78 bits per heavy atom. The molecule has 0 unspecified atom stereocenters. The van der Waals surface area contributed by atoms with E-state index in [0.717, 1.165) is 29.8 Å². The van der Waals surface area contributed by atoms with Gasteiger partial charge in [0.05, 0.1) is 5.41 Å². The number of fused-ring (bicyclic) bond motifs is 2. The van der Waals surface area contributed by atoms with Crippen LogP contribution < -0.4 is 10.6 Å². The number of carbonyl (C=O) groups excluding carboxylic acids is 1. The summed E-state index contributed by atoms with van der Waals surface area (Å²) in [5, 5.41) is 0. The van der Waals surface area contributed by atoms with Gasteiger partial charge in [-0.15, -0.1) is 0 Å². The van der Waals surface area contributed by atoms with E-state index < -0.39 is 0 Å². The maximum Gasteiger partial charge on any atom is 0.237 e. The van der Waals surface area contributed by atoms with Gasteiger partial charge < -0.3 is 15.4 Å². The van der Waals surface area contributed by atoms with Gasteiger partial charge in [0.1, 0.15) is 0 Å². The van der Waals surface area contributed by atoms with Gasteiger partial charge in [0.15, 0.2) is 0 Å². The molecule has 4 nitrogen and oxygen atoms in total. The first-order chi connectivity index (χ1) is 8.69. The van der Waals surface area contributed by atoms with Crippen LogP contribution in [-0.4, -0.2) is 25.7 Å². The van der Waals surface area contributed by atoms with Crippen molar-refractivity contribution in [1.82, 2.24) is 0 Å². The van der Waals surface area contributed by atoms with Crippen LogP contribution in [0.3, 0.4) is 0 Å². The molecule has 2 aliphatic heterocycles. The summed E-state index contributed by atoms with van der Waals surface area (Å²) in [7, 11) is 0. The second-order valence-corrected chi connectivity index (χ2v) is 5.02. The number of carbonyl (C=O) groups is 1. The average molecular weight is 246 g/mol. The Hall–Kier alpha value is -1.55. The third-order valence-electron chi connectivity index (χ3n) is 4.14. The Labute approximate surface area is 107 Å². The number of hydrogen-bond acceptors (Lipinski definition) is 3. The molecule has 4 heteroatoms. The monoisotopic (exact) mass is 246 g/mol. The highest BCUT2D eigenvalue weighted by atomic mass is 16.5. The molecule has 2 aliphatic rings. The summed E-state index contributed by atoms with van der Waals surface area (Å²) in [6.07, 6.45) is 1.53. The lowest BCUT2D eigenvalue weighted by atomic mass is 9.75. The fourth-order valence-electron chi connectivity index (χ4n) is 3.17. The minimum absolute atomic E-state index is 0.217. The summed E-state index contributed by atoms with van der Waals surface area (Å²) in [6.45, 7) is 4.02. The van der Waals surface area contributed by atoms with E-state index in [1.54, 1.807) is 0 Å². The van der Waals surface area contributed by atoms with Gasteiger partial charge in [0, 0.05) is 31.1 Å². The summed E-state index contributed by atoms with van der Waals surface area (Å²) in [4.78, 5) is 14.6. The average Bonchev–Trinajstić information content (AvgIpc) is 2.61. The van der Waals surface area contributed by atoms with Crippen molar-refractivity contribution < 1.29 is 9.53 Å². The minimum atomic E-state index is -0.390. The van der Waals surface area contributed by atoms with E-state index in [4.69, 9.17) is 10.5 Å². The molecule has 0 atom stereocenters. The van der Waals surface area contributed by atoms with Crippen molar-refractivity contribution in [1.29, 1.82) is 0 Å². The number of anilines is 2. The highest BCUT2D eigenvalue weighted by Gasteiger charge is 2.50. The number of likely N-dealkylation sites (N-methyl/N-ethyl adjacent to an activating group) is 1. The molecule has 0 saturated carbocycles. The summed E-state index contributed by atoms with van der Waals surface area (Å²) in [6, 6.07) is 5.80. The zero-order valence-electron chi connectivity index (χ0n) is 10.6. The smallest absolute Gasteiger partial charge is 0.237 e. The molecule has 1 fully saturated rings. The molecule has 1 saturated heterocycles. The Kier molecular flexibility index (Phi) is 2.55. The molecule has 2 heterocycles. The molecule has 0 aromatic heterocycles. The van der Waals surface area contributed by atoms with E-state index >= 15 is 0 Å². The van der Waals surface area contributed by atoms with Crippen molar-refractivity contribution in [3.05, 3.63) is 23.8 Å². The fourth-order valence-corrected chi connectivity index (χ4v) is 3.17. The van der Waals surface area contributed by atoms with Crippen molar-refractivity contribution in [2.45, 2.75) is 25.2 Å². The predicted octanol–water partition coefficient (Wildman–Crippen LogP) is 1.68. The molecule has 18 heavy (non-hydrogen) atoms. The van der Waals surface area contributed by atoms with Gasteiger partial charge in [0.2, 0.25) is 5.91 Å². The molecular weight excluding hydrogens is 228 g/mol. The molecule has 3 rings (SSSR count). The second-order valence-electron chi connectivity index (χ2n) is 5.02. The van der Waals surface area contributed by atoms with Gasteiger partial charge in [0.25, 0.3) is 0 Å². The SMILES string of the molecule is CCN1C(=O)C2(CCOCC2)c2cc(N)ccc21. The van der Waals surface area contributed by atoms with Crippen molar-refractivity contribution in [2.75, 3.05) is 30.4 Å². The topological polar surface area (TPSA) is 55.6 Å². The minimum Gasteiger partial charge on any atom is -0.399 e. The zero-order valence-corrected chi connectivity index (χ0v) is 10.6. The third-order valence-corrected chi connectivity index (χ3v) is 4.14. The van der Waals surface area contributed by atoms with Crippen LogP contribution >= 0.6 is 0 Å². The van der Waals surface area contributed by atoms with E-state index in [-0.39, 0.29) is 11.3 Å². The molecule has 0 bridgehead atoms. The van der Waals surface area contributed by atoms with E-state index in [2.05, 4.69) is 0 Å². The van der Waals surface area contributed by atoms with Crippen LogP contribution in [-0.2, 0) is 14.9 Å². The lowest BCUT2D eigenvalue weighted by Gasteiger charge is -2.32. The molecule has 96 valence electrons. The molecule has 2 N–H and O–H groups in total. The lowest BCUT2D eigenvalue weighted by molar-refractivity contribution is -0.126. The van der Waals surface area contributed by atoms with Gasteiger partial charge in [-0.05, 0) is 43.5 Å². The highest BCUT2D eigenvalue weighted by Crippen LogP contribution is 2.48. The zero-order chi connectivity index (χ0) is 12.8. The van der Waals surface area contributed by atoms with Gasteiger partial charge in [-0.2, -0.15) is 0 Å². The number of nitrogen functional groups attached to an aromatic ring is 1. The van der Waals surface area contributed by atoms with Gasteiger partial charge in [-0.25, -0.2) is 0 Å². The number of ether oxygens (including phenoxy) is 1. The van der Waals surface area contributed by atoms with Crippen LogP contribution in [0.25, 0.3) is 0 Å². The van der Waals surface area contributed by atoms with Crippen LogP contribution in [0.1, 0.15) is 25.3 Å². The fraction of sp³-hybridized carbons (Fsp3) is 0.500. The van der Waals surface area contributed by atoms with E-state index in [1.165, 1.54) is 0 Å². The number of nitrogens with two attached hydrogens (primary N) is 1. The van der Waals surface area contributed by atoms with Gasteiger partial charge in [-0.1, -0.05) is 0 Å². The third kappa shape index (κ3) is 1.38. The predicted molar refractivity (Wildman–Crippen MR) is 70.6 cm³/mol. The largest absolute Gasteiger partial charge is 0.399 e. The molecule has 0 radical (unpaired) electrons. The van der Waals surface area contributed by atoms with Crippen LogP contribution in [0, 0.1) is 0 Å². The van der Waals surface area contributed by atoms with Crippen LogP contribution in [0.15, 0.2) is 18.2 Å². The summed E-state index contributed by atoms with van der Waals surface area (Å²) >= 11 is 0. The quantitative estimate of drug-likeness (QED) is 0.767. The highest BCUT2D eigenvalue weighted by molar-refractivity contribution is 6.08.